The highest BCUT2D eigenvalue weighted by Crippen LogP contribution is 2.26. The van der Waals surface area contributed by atoms with Crippen LogP contribution in [0.15, 0.2) is 18.5 Å². The highest BCUT2D eigenvalue weighted by atomic mass is 32.1. The number of nitrogens with zero attached hydrogens (tertiary/aromatic N) is 3. The molecule has 0 saturated carbocycles. The summed E-state index contributed by atoms with van der Waals surface area (Å²) in [6, 6.07) is 1.58. The van der Waals surface area contributed by atoms with Crippen LogP contribution < -0.4 is 5.32 Å². The first-order valence-corrected chi connectivity index (χ1v) is 4.66. The Hall–Kier alpha value is -1.56. The fraction of sp³-hybridized carbons (Fsp3) is 0.125. The number of hydrogen-bond donors (Lipinski definition) is 1. The van der Waals surface area contributed by atoms with E-state index in [1.807, 2.05) is 0 Å². The summed E-state index contributed by atoms with van der Waals surface area (Å²) >= 11 is 1.04. The molecule has 2 aromatic heterocycles. The van der Waals surface area contributed by atoms with Crippen LogP contribution in [0.25, 0.3) is 11.3 Å². The Morgan fingerprint density at radius 3 is 3.00 bits per heavy atom. The van der Waals surface area contributed by atoms with Crippen molar-refractivity contribution >= 4 is 17.5 Å². The third-order valence-electron chi connectivity index (χ3n) is 1.75. The van der Waals surface area contributed by atoms with Gasteiger partial charge in [0.2, 0.25) is 0 Å². The van der Waals surface area contributed by atoms with Crippen molar-refractivity contribution < 1.29 is 4.39 Å². The predicted octanol–water partition coefficient (Wildman–Crippen LogP) is 1.78. The van der Waals surface area contributed by atoms with Gasteiger partial charge >= 0.3 is 0 Å². The van der Waals surface area contributed by atoms with E-state index in [0.717, 1.165) is 17.9 Å². The zero-order valence-electron chi connectivity index (χ0n) is 7.36. The largest absolute Gasteiger partial charge is 0.370 e. The number of hydrogen-bond acceptors (Lipinski definition) is 5. The molecule has 0 fully saturated rings. The first-order chi connectivity index (χ1) is 6.83. The van der Waals surface area contributed by atoms with E-state index < -0.39 is 5.82 Å². The maximum atomic E-state index is 13.3. The van der Waals surface area contributed by atoms with E-state index in [4.69, 9.17) is 0 Å². The number of pyridine rings is 1. The second kappa shape index (κ2) is 3.67. The Bertz CT molecular complexity index is 442. The summed E-state index contributed by atoms with van der Waals surface area (Å²) in [5.74, 6) is 0.191. The van der Waals surface area contributed by atoms with Crippen molar-refractivity contribution in [3.05, 3.63) is 24.3 Å². The predicted molar refractivity (Wildman–Crippen MR) is 52.6 cm³/mol. The zero-order valence-corrected chi connectivity index (χ0v) is 8.18. The fourth-order valence-electron chi connectivity index (χ4n) is 1.10. The summed E-state index contributed by atoms with van der Waals surface area (Å²) in [5.41, 5.74) is 0.940. The molecular formula is C8H7FN4S. The Balaban J connectivity index is 2.54. The molecule has 0 bridgehead atoms. The number of aromatic nitrogens is 3. The van der Waals surface area contributed by atoms with Crippen LogP contribution in [0.2, 0.25) is 0 Å². The molecule has 72 valence electrons. The standard InChI is InChI=1S/C8H7FN4S/c1-10-8-7(12-14-13-8)5-2-3-11-4-6(5)9/h2-4H,1H3,(H,10,13). The van der Waals surface area contributed by atoms with Gasteiger partial charge in [0.15, 0.2) is 11.6 Å². The molecule has 0 amide bonds. The Morgan fingerprint density at radius 1 is 1.43 bits per heavy atom. The molecule has 14 heavy (non-hydrogen) atoms. The molecule has 2 rings (SSSR count). The van der Waals surface area contributed by atoms with Crippen LogP contribution in [-0.2, 0) is 0 Å². The molecular weight excluding hydrogens is 203 g/mol. The summed E-state index contributed by atoms with van der Waals surface area (Å²) in [5, 5.41) is 2.85. The molecule has 0 atom stereocenters. The molecule has 0 saturated heterocycles. The maximum absolute atomic E-state index is 13.3. The van der Waals surface area contributed by atoms with E-state index in [1.165, 1.54) is 6.20 Å². The second-order valence-corrected chi connectivity index (χ2v) is 3.10. The molecule has 1 N–H and O–H groups in total. The van der Waals surface area contributed by atoms with E-state index in [-0.39, 0.29) is 0 Å². The lowest BCUT2D eigenvalue weighted by molar-refractivity contribution is 0.624. The van der Waals surface area contributed by atoms with E-state index in [2.05, 4.69) is 19.0 Å². The minimum atomic E-state index is -0.392. The highest BCUT2D eigenvalue weighted by molar-refractivity contribution is 6.99. The van der Waals surface area contributed by atoms with Crippen molar-refractivity contribution in [3.8, 4) is 11.3 Å². The summed E-state index contributed by atoms with van der Waals surface area (Å²) in [4.78, 5) is 3.67. The lowest BCUT2D eigenvalue weighted by atomic mass is 10.2. The molecule has 6 heteroatoms. The van der Waals surface area contributed by atoms with Gasteiger partial charge in [-0.25, -0.2) is 4.39 Å². The quantitative estimate of drug-likeness (QED) is 0.820. The van der Waals surface area contributed by atoms with Crippen LogP contribution >= 0.6 is 11.7 Å². The van der Waals surface area contributed by atoms with Gasteiger partial charge in [-0.3, -0.25) is 4.98 Å². The molecule has 4 nitrogen and oxygen atoms in total. The SMILES string of the molecule is CNc1nsnc1-c1ccncc1F. The lowest BCUT2D eigenvalue weighted by Crippen LogP contribution is -1.93. The Labute approximate surface area is 84.2 Å². The first kappa shape index (κ1) is 9.01. The molecule has 2 heterocycles. The molecule has 0 aliphatic carbocycles. The van der Waals surface area contributed by atoms with Gasteiger partial charge in [-0.15, -0.1) is 0 Å². The van der Waals surface area contributed by atoms with Crippen molar-refractivity contribution in [2.24, 2.45) is 0 Å². The summed E-state index contributed by atoms with van der Waals surface area (Å²) in [6.07, 6.45) is 2.69. The molecule has 0 aliphatic rings. The van der Waals surface area contributed by atoms with Gasteiger partial charge in [0.05, 0.1) is 17.9 Å². The van der Waals surface area contributed by atoms with E-state index in [9.17, 15) is 4.39 Å². The van der Waals surface area contributed by atoms with Crippen LogP contribution in [0.4, 0.5) is 10.2 Å². The van der Waals surface area contributed by atoms with Gasteiger partial charge in [-0.1, -0.05) is 0 Å². The van der Waals surface area contributed by atoms with Crippen LogP contribution in [0.3, 0.4) is 0 Å². The molecule has 0 aromatic carbocycles. The van der Waals surface area contributed by atoms with Gasteiger partial charge in [-0.2, -0.15) is 8.75 Å². The van der Waals surface area contributed by atoms with Crippen LogP contribution in [0.5, 0.6) is 0 Å². The van der Waals surface area contributed by atoms with Crippen LogP contribution in [0.1, 0.15) is 0 Å². The summed E-state index contributed by atoms with van der Waals surface area (Å²) in [6.45, 7) is 0. The van der Waals surface area contributed by atoms with Gasteiger partial charge in [0.25, 0.3) is 0 Å². The van der Waals surface area contributed by atoms with Crippen molar-refractivity contribution in [1.29, 1.82) is 0 Å². The number of rotatable bonds is 2. The van der Waals surface area contributed by atoms with E-state index in [1.54, 1.807) is 13.1 Å². The van der Waals surface area contributed by atoms with Crippen molar-refractivity contribution in [1.82, 2.24) is 13.7 Å². The zero-order chi connectivity index (χ0) is 9.97. The molecule has 0 unspecified atom stereocenters. The highest BCUT2D eigenvalue weighted by Gasteiger charge is 2.12. The van der Waals surface area contributed by atoms with Crippen LogP contribution in [-0.4, -0.2) is 20.8 Å². The minimum absolute atomic E-state index is 0.392. The third-order valence-corrected chi connectivity index (χ3v) is 2.28. The average Bonchev–Trinajstić information content (AvgIpc) is 2.66. The van der Waals surface area contributed by atoms with Gasteiger partial charge < -0.3 is 5.32 Å². The fourth-order valence-corrected chi connectivity index (χ4v) is 1.66. The summed E-state index contributed by atoms with van der Waals surface area (Å²) < 4.78 is 21.3. The smallest absolute Gasteiger partial charge is 0.167 e. The molecule has 0 aliphatic heterocycles. The van der Waals surface area contributed by atoms with Crippen LogP contribution in [0, 0.1) is 5.82 Å². The third kappa shape index (κ3) is 1.44. The van der Waals surface area contributed by atoms with Crippen molar-refractivity contribution in [2.45, 2.75) is 0 Å². The lowest BCUT2D eigenvalue weighted by Gasteiger charge is -2.00. The average molecular weight is 210 g/mol. The second-order valence-electron chi connectivity index (χ2n) is 2.57. The molecule has 2 aromatic rings. The number of anilines is 1. The Morgan fingerprint density at radius 2 is 2.29 bits per heavy atom. The minimum Gasteiger partial charge on any atom is -0.370 e. The number of nitrogens with one attached hydrogen (secondary N) is 1. The maximum Gasteiger partial charge on any atom is 0.167 e. The van der Waals surface area contributed by atoms with E-state index in [0.29, 0.717) is 17.1 Å². The molecule has 0 spiro atoms. The van der Waals surface area contributed by atoms with Crippen molar-refractivity contribution in [3.63, 3.8) is 0 Å². The molecule has 0 radical (unpaired) electrons. The topological polar surface area (TPSA) is 50.7 Å². The number of halogens is 1. The first-order valence-electron chi connectivity index (χ1n) is 3.93. The van der Waals surface area contributed by atoms with Gasteiger partial charge in [0.1, 0.15) is 5.69 Å². The van der Waals surface area contributed by atoms with Gasteiger partial charge in [0, 0.05) is 18.8 Å². The summed E-state index contributed by atoms with van der Waals surface area (Å²) in [7, 11) is 1.72. The Kier molecular flexibility index (Phi) is 2.36. The monoisotopic (exact) mass is 210 g/mol. The normalized spacial score (nSPS) is 10.1. The van der Waals surface area contributed by atoms with E-state index >= 15 is 0 Å². The van der Waals surface area contributed by atoms with Gasteiger partial charge in [-0.05, 0) is 6.07 Å². The van der Waals surface area contributed by atoms with Crippen molar-refractivity contribution in [2.75, 3.05) is 12.4 Å².